The molecule has 3 heterocycles. The molecule has 0 unspecified atom stereocenters. The van der Waals surface area contributed by atoms with Crippen LogP contribution in [0.1, 0.15) is 16.8 Å². The molecular weight excluding hydrogens is 420 g/mol. The van der Waals surface area contributed by atoms with Crippen LogP contribution in [-0.2, 0) is 5.54 Å². The topological polar surface area (TPSA) is 101 Å². The third kappa shape index (κ3) is 3.76. The number of nitrogens with zero attached hydrogens (tertiary/aromatic N) is 3. The number of carboxylic acids is 1. The van der Waals surface area contributed by atoms with Gasteiger partial charge in [-0.3, -0.25) is 4.79 Å². The van der Waals surface area contributed by atoms with Crippen LogP contribution in [0.15, 0.2) is 17.1 Å². The molecule has 3 rings (SSSR count). The summed E-state index contributed by atoms with van der Waals surface area (Å²) in [6.45, 7) is -3.94. The van der Waals surface area contributed by atoms with Crippen molar-refractivity contribution in [2.24, 2.45) is 5.73 Å². The van der Waals surface area contributed by atoms with Crippen LogP contribution < -0.4 is 16.1 Å². The van der Waals surface area contributed by atoms with Crippen LogP contribution in [0.3, 0.4) is 0 Å². The lowest BCUT2D eigenvalue weighted by molar-refractivity contribution is 0.0691. The number of rotatable bonds is 6. The number of hydrogen-bond donors (Lipinski definition) is 2. The van der Waals surface area contributed by atoms with Crippen LogP contribution >= 0.6 is 12.4 Å². The maximum Gasteiger partial charge on any atom is 0.341 e. The Morgan fingerprint density at radius 3 is 2.41 bits per heavy atom. The number of hydrogen-bond acceptors (Lipinski definition) is 5. The van der Waals surface area contributed by atoms with Gasteiger partial charge in [0.1, 0.15) is 36.8 Å². The van der Waals surface area contributed by atoms with Gasteiger partial charge in [-0.2, -0.15) is 0 Å². The molecular formula is C17H19ClF4N4O3. The smallest absolute Gasteiger partial charge is 0.341 e. The average Bonchev–Trinajstić information content (AvgIpc) is 3.10. The van der Waals surface area contributed by atoms with E-state index in [-0.39, 0.29) is 30.8 Å². The second kappa shape index (κ2) is 8.54. The average molecular weight is 439 g/mol. The van der Waals surface area contributed by atoms with E-state index in [9.17, 15) is 32.3 Å². The van der Waals surface area contributed by atoms with Gasteiger partial charge in [0.25, 0.3) is 0 Å². The van der Waals surface area contributed by atoms with Crippen LogP contribution in [0.25, 0.3) is 11.0 Å². The Hall–Kier alpha value is -2.40. The molecule has 29 heavy (non-hydrogen) atoms. The summed E-state index contributed by atoms with van der Waals surface area (Å²) >= 11 is 0. The summed E-state index contributed by atoms with van der Waals surface area (Å²) in [6.07, 6.45) is 1.21. The van der Waals surface area contributed by atoms with Crippen molar-refractivity contribution in [3.05, 3.63) is 33.9 Å². The monoisotopic (exact) mass is 438 g/mol. The van der Waals surface area contributed by atoms with Crippen molar-refractivity contribution in [2.45, 2.75) is 18.0 Å². The van der Waals surface area contributed by atoms with Crippen LogP contribution in [0.5, 0.6) is 0 Å². The number of aromatic nitrogens is 2. The van der Waals surface area contributed by atoms with Crippen molar-refractivity contribution in [3.8, 4) is 0 Å². The standard InChI is InChI=1S/C17H18F4N4O3.ClH/c18-6-17(7-19,8-20)25-5-11(16(27)28)13(26)10-3-12(21)15(23-14(10)25)24-2-1-9(22)4-24;/h3,5,9H,1-2,4,6-8,22H2,(H,27,28);1H/t9-;/m0./s1. The molecule has 2 aromatic heterocycles. The molecule has 0 aliphatic carbocycles. The third-order valence-corrected chi connectivity index (χ3v) is 4.92. The van der Waals surface area contributed by atoms with Crippen molar-refractivity contribution >= 4 is 35.2 Å². The number of carboxylic acid groups (broad SMARTS) is 1. The molecule has 1 fully saturated rings. The van der Waals surface area contributed by atoms with E-state index in [1.54, 1.807) is 0 Å². The first-order valence-corrected chi connectivity index (χ1v) is 8.46. The highest BCUT2D eigenvalue weighted by Gasteiger charge is 2.36. The van der Waals surface area contributed by atoms with E-state index in [1.807, 2.05) is 0 Å². The molecule has 7 nitrogen and oxygen atoms in total. The Morgan fingerprint density at radius 1 is 1.31 bits per heavy atom. The van der Waals surface area contributed by atoms with Gasteiger partial charge in [-0.25, -0.2) is 27.3 Å². The second-order valence-corrected chi connectivity index (χ2v) is 6.83. The first kappa shape index (κ1) is 22.9. The van der Waals surface area contributed by atoms with E-state index in [1.165, 1.54) is 4.90 Å². The molecule has 2 aromatic rings. The predicted octanol–water partition coefficient (Wildman–Crippen LogP) is 1.80. The highest BCUT2D eigenvalue weighted by Crippen LogP contribution is 2.28. The zero-order valence-corrected chi connectivity index (χ0v) is 15.9. The maximum absolute atomic E-state index is 14.6. The first-order valence-electron chi connectivity index (χ1n) is 8.46. The van der Waals surface area contributed by atoms with Crippen LogP contribution in [0.4, 0.5) is 23.4 Å². The molecule has 0 amide bonds. The van der Waals surface area contributed by atoms with E-state index < -0.39 is 59.4 Å². The maximum atomic E-state index is 14.6. The predicted molar refractivity (Wildman–Crippen MR) is 101 cm³/mol. The van der Waals surface area contributed by atoms with Crippen LogP contribution in [0.2, 0.25) is 0 Å². The molecule has 160 valence electrons. The van der Waals surface area contributed by atoms with Gasteiger partial charge in [0, 0.05) is 25.3 Å². The Kier molecular flexibility index (Phi) is 6.74. The van der Waals surface area contributed by atoms with Crippen LogP contribution in [0, 0.1) is 5.82 Å². The van der Waals surface area contributed by atoms with Crippen molar-refractivity contribution in [3.63, 3.8) is 0 Å². The molecule has 0 aromatic carbocycles. The lowest BCUT2D eigenvalue weighted by Gasteiger charge is -2.30. The first-order chi connectivity index (χ1) is 13.3. The van der Waals surface area contributed by atoms with E-state index in [0.29, 0.717) is 23.7 Å². The number of fused-ring (bicyclic) bond motifs is 1. The molecule has 0 radical (unpaired) electrons. The van der Waals surface area contributed by atoms with Crippen molar-refractivity contribution in [1.82, 2.24) is 9.55 Å². The number of alkyl halides is 3. The molecule has 1 atom stereocenters. The summed E-state index contributed by atoms with van der Waals surface area (Å²) in [4.78, 5) is 29.3. The second-order valence-electron chi connectivity index (χ2n) is 6.83. The number of anilines is 1. The van der Waals surface area contributed by atoms with Gasteiger partial charge in [-0.1, -0.05) is 0 Å². The number of nitrogens with two attached hydrogens (primary N) is 1. The minimum Gasteiger partial charge on any atom is -0.477 e. The zero-order chi connectivity index (χ0) is 20.6. The van der Waals surface area contributed by atoms with Gasteiger partial charge in [-0.15, -0.1) is 12.4 Å². The van der Waals surface area contributed by atoms with Crippen LogP contribution in [-0.4, -0.2) is 59.8 Å². The molecule has 1 aliphatic heterocycles. The van der Waals surface area contributed by atoms with Gasteiger partial charge in [0.15, 0.2) is 11.6 Å². The SMILES string of the molecule is Cl.N[C@H]1CCN(c2nc3c(cc2F)c(=O)c(C(=O)O)cn3C(CF)(CF)CF)C1. The van der Waals surface area contributed by atoms with Gasteiger partial charge in [-0.05, 0) is 12.5 Å². The van der Waals surface area contributed by atoms with Crippen molar-refractivity contribution in [1.29, 1.82) is 0 Å². The minimum absolute atomic E-state index is 0. The molecule has 1 aliphatic rings. The molecule has 0 bridgehead atoms. The fourth-order valence-corrected chi connectivity index (χ4v) is 3.23. The highest BCUT2D eigenvalue weighted by molar-refractivity contribution is 5.92. The van der Waals surface area contributed by atoms with Crippen molar-refractivity contribution < 1.29 is 27.5 Å². The fraction of sp³-hybridized carbons (Fsp3) is 0.471. The number of halogens is 5. The lowest BCUT2D eigenvalue weighted by Crippen LogP contribution is -2.42. The van der Waals surface area contributed by atoms with Crippen molar-refractivity contribution in [2.75, 3.05) is 38.0 Å². The quantitative estimate of drug-likeness (QED) is 0.667. The number of carbonyl (C=O) groups is 1. The lowest BCUT2D eigenvalue weighted by atomic mass is 10.0. The van der Waals surface area contributed by atoms with Gasteiger partial charge >= 0.3 is 5.97 Å². The summed E-state index contributed by atoms with van der Waals surface area (Å²) in [5, 5.41) is 8.72. The van der Waals surface area contributed by atoms with E-state index >= 15 is 0 Å². The molecule has 3 N–H and O–H groups in total. The molecule has 0 spiro atoms. The minimum atomic E-state index is -2.42. The van der Waals surface area contributed by atoms with Gasteiger partial charge in [0.2, 0.25) is 5.43 Å². The summed E-state index contributed by atoms with van der Waals surface area (Å²) < 4.78 is 56.2. The zero-order valence-electron chi connectivity index (χ0n) is 15.1. The van der Waals surface area contributed by atoms with E-state index in [0.717, 1.165) is 6.07 Å². The summed E-state index contributed by atoms with van der Waals surface area (Å²) in [6, 6.07) is 0.529. The Bertz CT molecular complexity index is 975. The fourth-order valence-electron chi connectivity index (χ4n) is 3.23. The molecule has 1 saturated heterocycles. The van der Waals surface area contributed by atoms with E-state index in [2.05, 4.69) is 4.98 Å². The number of aromatic carboxylic acids is 1. The normalized spacial score (nSPS) is 16.9. The van der Waals surface area contributed by atoms with Gasteiger partial charge < -0.3 is 20.3 Å². The third-order valence-electron chi connectivity index (χ3n) is 4.92. The largest absolute Gasteiger partial charge is 0.477 e. The van der Waals surface area contributed by atoms with Gasteiger partial charge in [0.05, 0.1) is 5.39 Å². The Morgan fingerprint density at radius 2 is 1.93 bits per heavy atom. The summed E-state index contributed by atoms with van der Waals surface area (Å²) in [7, 11) is 0. The Balaban J connectivity index is 0.00000300. The Labute approximate surface area is 168 Å². The highest BCUT2D eigenvalue weighted by atomic mass is 35.5. The summed E-state index contributed by atoms with van der Waals surface area (Å²) in [5.41, 5.74) is 1.03. The molecule has 12 heteroatoms. The van der Waals surface area contributed by atoms with E-state index in [4.69, 9.17) is 5.73 Å². The summed E-state index contributed by atoms with van der Waals surface area (Å²) in [5.74, 6) is -2.82. The molecule has 0 saturated carbocycles. The number of pyridine rings is 2.